The van der Waals surface area contributed by atoms with Crippen LogP contribution in [0.5, 0.6) is 0 Å². The van der Waals surface area contributed by atoms with Gasteiger partial charge in [0.05, 0.1) is 0 Å². The first-order valence-electron chi connectivity index (χ1n) is 9.17. The van der Waals surface area contributed by atoms with Crippen LogP contribution in [0, 0.1) is 0 Å². The molecule has 1 aliphatic heterocycles. The molecule has 0 fully saturated rings. The molecule has 28 heavy (non-hydrogen) atoms. The fraction of sp³-hybridized carbons (Fsp3) is 0.0417. The molecule has 0 N–H and O–H groups in total. The molecule has 0 spiro atoms. The van der Waals surface area contributed by atoms with Gasteiger partial charge in [-0.1, -0.05) is 0 Å². The molecule has 1 unspecified atom stereocenters. The molecule has 1 aliphatic rings. The average molecular weight is 429 g/mol. The van der Waals surface area contributed by atoms with E-state index < -0.39 is 4.44 Å². The maximum absolute atomic E-state index is 14.1. The molecule has 1 atom stereocenters. The molecule has 0 saturated heterocycles. The topological polar surface area (TPSA) is 25.2 Å². The summed E-state index contributed by atoms with van der Waals surface area (Å²) in [6.45, 7) is 0. The molecule has 0 bridgehead atoms. The van der Waals surface area contributed by atoms with Crippen LogP contribution in [0.25, 0.3) is 0 Å². The number of amides is 1. The van der Waals surface area contributed by atoms with Crippen LogP contribution >= 0.6 is 0 Å². The third-order valence-corrected chi connectivity index (χ3v) is 7.95. The summed E-state index contributed by atoms with van der Waals surface area (Å²) in [4.78, 5) is 16.0. The van der Waals surface area contributed by atoms with Gasteiger partial charge in [0.25, 0.3) is 0 Å². The van der Waals surface area contributed by atoms with E-state index in [1.165, 1.54) is 4.46 Å². The Kier molecular flexibility index (Phi) is 4.16. The van der Waals surface area contributed by atoms with Gasteiger partial charge in [-0.25, -0.2) is 0 Å². The van der Waals surface area contributed by atoms with Crippen LogP contribution in [0.1, 0.15) is 5.56 Å². The van der Waals surface area contributed by atoms with Crippen LogP contribution in [0.15, 0.2) is 109 Å². The number of nitrogens with zero attached hydrogens (tertiary/aromatic N) is 2. The number of rotatable bonds is 4. The Morgan fingerprint density at radius 2 is 1.29 bits per heavy atom. The molecule has 5 rings (SSSR count). The van der Waals surface area contributed by atoms with E-state index in [9.17, 15) is 4.79 Å². The molecule has 2 heterocycles. The van der Waals surface area contributed by atoms with Crippen LogP contribution in [-0.4, -0.2) is 25.4 Å². The Balaban J connectivity index is 1.76. The van der Waals surface area contributed by atoms with Gasteiger partial charge in [0, 0.05) is 0 Å². The summed E-state index contributed by atoms with van der Waals surface area (Å²) in [6.07, 6.45) is 4.02. The molecule has 0 saturated carbocycles. The first-order valence-corrected chi connectivity index (χ1v) is 10.9. The average Bonchev–Trinajstić information content (AvgIpc) is 3.36. The Morgan fingerprint density at radius 1 is 0.679 bits per heavy atom. The first-order chi connectivity index (χ1) is 13.8. The normalized spacial score (nSPS) is 18.3. The Morgan fingerprint density at radius 3 is 2.00 bits per heavy atom. The molecule has 4 aromatic rings. The molecule has 136 valence electrons. The van der Waals surface area contributed by atoms with Gasteiger partial charge in [-0.05, 0) is 0 Å². The number of carbonyl (C=O) groups excluding carboxylic acids is 1. The number of anilines is 2. The number of para-hydroxylation sites is 2. The minimum absolute atomic E-state index is 0.0972. The van der Waals surface area contributed by atoms with E-state index >= 15 is 0 Å². The van der Waals surface area contributed by atoms with Gasteiger partial charge in [0.2, 0.25) is 0 Å². The number of aromatic nitrogens is 1. The van der Waals surface area contributed by atoms with E-state index in [-0.39, 0.29) is 20.9 Å². The van der Waals surface area contributed by atoms with Gasteiger partial charge in [-0.15, -0.1) is 0 Å². The first kappa shape index (κ1) is 17.1. The number of benzene rings is 3. The van der Waals surface area contributed by atoms with Crippen molar-refractivity contribution in [2.45, 2.75) is 4.44 Å². The zero-order chi connectivity index (χ0) is 19.0. The molecular formula is C24H18N2OSe. The molecule has 4 heteroatoms. The number of fused-ring (bicyclic) bond motifs is 1. The number of hydrogen-bond donors (Lipinski definition) is 0. The van der Waals surface area contributed by atoms with Gasteiger partial charge < -0.3 is 0 Å². The quantitative estimate of drug-likeness (QED) is 0.452. The summed E-state index contributed by atoms with van der Waals surface area (Å²) in [7, 11) is 0. The number of hydrogen-bond acceptors (Lipinski definition) is 1. The SMILES string of the molecule is O=C1N(c2ccccc2)c2ccccc2C1([Se]c1ccccc1)n1cccc1. The molecule has 1 amide bonds. The van der Waals surface area contributed by atoms with E-state index in [1.807, 2.05) is 96.2 Å². The van der Waals surface area contributed by atoms with Crippen LogP contribution in [0.2, 0.25) is 0 Å². The number of carbonyl (C=O) groups is 1. The zero-order valence-electron chi connectivity index (χ0n) is 15.1. The van der Waals surface area contributed by atoms with E-state index in [2.05, 4.69) is 22.8 Å². The molecule has 3 nitrogen and oxygen atoms in total. The molecule has 1 aromatic heterocycles. The Labute approximate surface area is 170 Å². The van der Waals surface area contributed by atoms with Crippen LogP contribution in [-0.2, 0) is 9.23 Å². The van der Waals surface area contributed by atoms with Crippen LogP contribution in [0.4, 0.5) is 11.4 Å². The second-order valence-electron chi connectivity index (χ2n) is 6.64. The monoisotopic (exact) mass is 430 g/mol. The molecule has 3 aromatic carbocycles. The van der Waals surface area contributed by atoms with Gasteiger partial charge in [0.15, 0.2) is 0 Å². The van der Waals surface area contributed by atoms with Crippen LogP contribution < -0.4 is 9.36 Å². The summed E-state index contributed by atoms with van der Waals surface area (Å²) in [6, 6.07) is 32.4. The molecule has 0 aliphatic carbocycles. The van der Waals surface area contributed by atoms with Gasteiger partial charge in [-0.3, -0.25) is 0 Å². The van der Waals surface area contributed by atoms with E-state index in [0.717, 1.165) is 16.9 Å². The van der Waals surface area contributed by atoms with Crippen molar-refractivity contribution in [1.29, 1.82) is 0 Å². The van der Waals surface area contributed by atoms with Crippen molar-refractivity contribution in [2.75, 3.05) is 4.90 Å². The van der Waals surface area contributed by atoms with Crippen molar-refractivity contribution in [3.63, 3.8) is 0 Å². The minimum atomic E-state index is -0.746. The van der Waals surface area contributed by atoms with Crippen molar-refractivity contribution in [2.24, 2.45) is 0 Å². The van der Waals surface area contributed by atoms with Crippen molar-refractivity contribution < 1.29 is 4.79 Å². The summed E-state index contributed by atoms with van der Waals surface area (Å²) < 4.78 is 2.54. The summed E-state index contributed by atoms with van der Waals surface area (Å²) in [5.74, 6) is 0.0972. The van der Waals surface area contributed by atoms with Crippen LogP contribution in [0.3, 0.4) is 0 Å². The Bertz CT molecular complexity index is 1110. The third kappa shape index (κ3) is 2.54. The third-order valence-electron chi connectivity index (χ3n) is 4.99. The van der Waals surface area contributed by atoms with Crippen molar-refractivity contribution in [3.8, 4) is 0 Å². The summed E-state index contributed by atoms with van der Waals surface area (Å²) in [5, 5.41) is 0. The summed E-state index contributed by atoms with van der Waals surface area (Å²) >= 11 is -0.135. The fourth-order valence-electron chi connectivity index (χ4n) is 3.77. The molecule has 0 radical (unpaired) electrons. The van der Waals surface area contributed by atoms with Gasteiger partial charge >= 0.3 is 170 Å². The van der Waals surface area contributed by atoms with Gasteiger partial charge in [0.1, 0.15) is 0 Å². The predicted octanol–water partition coefficient (Wildman–Crippen LogP) is 3.90. The second kappa shape index (κ2) is 6.83. The van der Waals surface area contributed by atoms with E-state index in [1.54, 1.807) is 0 Å². The maximum atomic E-state index is 14.1. The van der Waals surface area contributed by atoms with Crippen molar-refractivity contribution in [1.82, 2.24) is 4.57 Å². The van der Waals surface area contributed by atoms with Crippen molar-refractivity contribution in [3.05, 3.63) is 115 Å². The fourth-order valence-corrected chi connectivity index (χ4v) is 6.54. The van der Waals surface area contributed by atoms with E-state index in [0.29, 0.717) is 0 Å². The zero-order valence-corrected chi connectivity index (χ0v) is 16.8. The second-order valence-corrected chi connectivity index (χ2v) is 9.30. The van der Waals surface area contributed by atoms with E-state index in [4.69, 9.17) is 0 Å². The molecular weight excluding hydrogens is 411 g/mol. The predicted molar refractivity (Wildman–Crippen MR) is 113 cm³/mol. The standard InChI is InChI=1S/C24H18N2OSe/c27-23-24(25-17-9-10-18-25,28-20-13-5-2-6-14-20)21-15-7-8-16-22(21)26(23)19-11-3-1-4-12-19/h1-18H. The van der Waals surface area contributed by atoms with Crippen molar-refractivity contribution >= 4 is 36.7 Å². The Hall–Kier alpha value is -3.07. The van der Waals surface area contributed by atoms with Gasteiger partial charge in [-0.2, -0.15) is 0 Å². The summed E-state index contributed by atoms with van der Waals surface area (Å²) in [5.41, 5.74) is 2.92.